The van der Waals surface area contributed by atoms with Crippen molar-refractivity contribution in [2.24, 2.45) is 5.92 Å². The Balaban J connectivity index is 1.39. The number of fused-ring (bicyclic) bond motifs is 1. The standard InChI is InChI=1S/C16H22N2OS/c19-16(17-7-8-20-11-12-5-6-12)15-9-13-3-1-2-4-14(13)10-18-15/h1-4,12,15,18H,5-11H2,(H,17,19)/t15-/m1/s1. The minimum Gasteiger partial charge on any atom is -0.354 e. The molecule has 1 atom stereocenters. The Kier molecular flexibility index (Phi) is 4.63. The first kappa shape index (κ1) is 14.0. The number of hydrogen-bond acceptors (Lipinski definition) is 3. The monoisotopic (exact) mass is 290 g/mol. The van der Waals surface area contributed by atoms with Crippen LogP contribution in [0.3, 0.4) is 0 Å². The van der Waals surface area contributed by atoms with E-state index in [1.165, 1.54) is 29.7 Å². The Hall–Kier alpha value is -1.00. The van der Waals surface area contributed by atoms with Crippen molar-refractivity contribution in [3.05, 3.63) is 35.4 Å². The number of hydrogen-bond donors (Lipinski definition) is 2. The van der Waals surface area contributed by atoms with Crippen molar-refractivity contribution in [2.75, 3.05) is 18.1 Å². The van der Waals surface area contributed by atoms with Gasteiger partial charge in [-0.05, 0) is 42.1 Å². The second-order valence-corrected chi connectivity index (χ2v) is 6.87. The van der Waals surface area contributed by atoms with Gasteiger partial charge in [0.1, 0.15) is 0 Å². The molecular formula is C16H22N2OS. The van der Waals surface area contributed by atoms with E-state index in [0.29, 0.717) is 0 Å². The van der Waals surface area contributed by atoms with E-state index in [0.717, 1.165) is 31.2 Å². The Morgan fingerprint density at radius 3 is 2.90 bits per heavy atom. The second kappa shape index (κ2) is 6.64. The van der Waals surface area contributed by atoms with Crippen LogP contribution in [-0.2, 0) is 17.8 Å². The maximum absolute atomic E-state index is 12.1. The summed E-state index contributed by atoms with van der Waals surface area (Å²) in [6.45, 7) is 1.58. The summed E-state index contributed by atoms with van der Waals surface area (Å²) in [6, 6.07) is 8.29. The number of carbonyl (C=O) groups is 1. The highest BCUT2D eigenvalue weighted by Crippen LogP contribution is 2.32. The molecule has 0 aromatic heterocycles. The van der Waals surface area contributed by atoms with E-state index in [9.17, 15) is 4.79 Å². The van der Waals surface area contributed by atoms with Crippen LogP contribution < -0.4 is 10.6 Å². The molecule has 0 spiro atoms. The molecule has 1 aliphatic heterocycles. The fourth-order valence-electron chi connectivity index (χ4n) is 2.54. The highest BCUT2D eigenvalue weighted by Gasteiger charge is 2.23. The van der Waals surface area contributed by atoms with Gasteiger partial charge in [0.05, 0.1) is 6.04 Å². The summed E-state index contributed by atoms with van der Waals surface area (Å²) in [5, 5.41) is 6.38. The van der Waals surface area contributed by atoms with Gasteiger partial charge < -0.3 is 10.6 Å². The zero-order chi connectivity index (χ0) is 13.8. The van der Waals surface area contributed by atoms with Gasteiger partial charge in [-0.25, -0.2) is 0 Å². The Labute approximate surface area is 124 Å². The van der Waals surface area contributed by atoms with Crippen molar-refractivity contribution in [3.63, 3.8) is 0 Å². The van der Waals surface area contributed by atoms with E-state index >= 15 is 0 Å². The van der Waals surface area contributed by atoms with E-state index in [1.807, 2.05) is 17.8 Å². The van der Waals surface area contributed by atoms with E-state index in [2.05, 4.69) is 28.8 Å². The zero-order valence-electron chi connectivity index (χ0n) is 11.7. The van der Waals surface area contributed by atoms with E-state index in [4.69, 9.17) is 0 Å². The summed E-state index contributed by atoms with van der Waals surface area (Å²) in [5.74, 6) is 3.41. The van der Waals surface area contributed by atoms with Crippen LogP contribution in [-0.4, -0.2) is 30.0 Å². The van der Waals surface area contributed by atoms with Crippen LogP contribution in [0.4, 0.5) is 0 Å². The molecule has 1 saturated carbocycles. The summed E-state index contributed by atoms with van der Waals surface area (Å²) in [6.07, 6.45) is 3.62. The zero-order valence-corrected chi connectivity index (χ0v) is 12.5. The number of benzene rings is 1. The lowest BCUT2D eigenvalue weighted by Gasteiger charge is -2.25. The Morgan fingerprint density at radius 2 is 2.10 bits per heavy atom. The van der Waals surface area contributed by atoms with Gasteiger partial charge in [-0.15, -0.1) is 0 Å². The molecule has 2 N–H and O–H groups in total. The average molecular weight is 290 g/mol. The molecule has 20 heavy (non-hydrogen) atoms. The first-order chi connectivity index (χ1) is 9.83. The average Bonchev–Trinajstić information content (AvgIpc) is 3.30. The molecule has 1 heterocycles. The molecule has 3 nitrogen and oxygen atoms in total. The fraction of sp³-hybridized carbons (Fsp3) is 0.562. The van der Waals surface area contributed by atoms with Crippen molar-refractivity contribution in [3.8, 4) is 0 Å². The minimum absolute atomic E-state index is 0.0710. The summed E-state index contributed by atoms with van der Waals surface area (Å²) in [4.78, 5) is 12.1. The third-order valence-electron chi connectivity index (χ3n) is 3.99. The lowest BCUT2D eigenvalue weighted by Crippen LogP contribution is -2.48. The Morgan fingerprint density at radius 1 is 1.30 bits per heavy atom. The number of thioether (sulfide) groups is 1. The summed E-state index contributed by atoms with van der Waals surface area (Å²) >= 11 is 1.97. The number of amides is 1. The van der Waals surface area contributed by atoms with Gasteiger partial charge in [-0.2, -0.15) is 11.8 Å². The fourth-order valence-corrected chi connectivity index (χ4v) is 3.62. The smallest absolute Gasteiger partial charge is 0.237 e. The summed E-state index contributed by atoms with van der Waals surface area (Å²) in [5.41, 5.74) is 2.62. The molecule has 0 saturated heterocycles. The first-order valence-corrected chi connectivity index (χ1v) is 8.64. The van der Waals surface area contributed by atoms with Gasteiger partial charge in [0.25, 0.3) is 0 Å². The van der Waals surface area contributed by atoms with Crippen LogP contribution in [0.25, 0.3) is 0 Å². The largest absolute Gasteiger partial charge is 0.354 e. The van der Waals surface area contributed by atoms with Gasteiger partial charge in [-0.3, -0.25) is 4.79 Å². The SMILES string of the molecule is O=C(NCCSCC1CC1)[C@H]1Cc2ccccc2CN1. The third-order valence-corrected chi connectivity index (χ3v) is 5.19. The lowest BCUT2D eigenvalue weighted by molar-refractivity contribution is -0.123. The highest BCUT2D eigenvalue weighted by atomic mass is 32.2. The van der Waals surface area contributed by atoms with Crippen LogP contribution in [0, 0.1) is 5.92 Å². The summed E-state index contributed by atoms with van der Waals surface area (Å²) < 4.78 is 0. The third kappa shape index (κ3) is 3.76. The first-order valence-electron chi connectivity index (χ1n) is 7.48. The molecule has 1 fully saturated rings. The van der Waals surface area contributed by atoms with Crippen LogP contribution in [0.5, 0.6) is 0 Å². The van der Waals surface area contributed by atoms with Crippen molar-refractivity contribution >= 4 is 17.7 Å². The molecule has 1 aromatic carbocycles. The quantitative estimate of drug-likeness (QED) is 0.787. The van der Waals surface area contributed by atoms with E-state index in [-0.39, 0.29) is 11.9 Å². The maximum Gasteiger partial charge on any atom is 0.237 e. The topological polar surface area (TPSA) is 41.1 Å². The molecule has 4 heteroatoms. The maximum atomic E-state index is 12.1. The van der Waals surface area contributed by atoms with Gasteiger partial charge in [0.15, 0.2) is 0 Å². The number of rotatable bonds is 6. The van der Waals surface area contributed by atoms with Gasteiger partial charge in [0.2, 0.25) is 5.91 Å². The van der Waals surface area contributed by atoms with Crippen LogP contribution in [0.2, 0.25) is 0 Å². The summed E-state index contributed by atoms with van der Waals surface area (Å²) in [7, 11) is 0. The molecule has 0 unspecified atom stereocenters. The minimum atomic E-state index is -0.0710. The molecule has 1 aromatic rings. The highest BCUT2D eigenvalue weighted by molar-refractivity contribution is 7.99. The molecule has 1 aliphatic carbocycles. The second-order valence-electron chi connectivity index (χ2n) is 5.72. The molecule has 3 rings (SSSR count). The van der Waals surface area contributed by atoms with Gasteiger partial charge >= 0.3 is 0 Å². The molecular weight excluding hydrogens is 268 g/mol. The molecule has 0 radical (unpaired) electrons. The van der Waals surface area contributed by atoms with Crippen LogP contribution in [0.1, 0.15) is 24.0 Å². The van der Waals surface area contributed by atoms with Gasteiger partial charge in [-0.1, -0.05) is 24.3 Å². The predicted molar refractivity (Wildman–Crippen MR) is 83.8 cm³/mol. The van der Waals surface area contributed by atoms with E-state index < -0.39 is 0 Å². The van der Waals surface area contributed by atoms with Crippen molar-refractivity contribution in [1.29, 1.82) is 0 Å². The number of nitrogens with one attached hydrogen (secondary N) is 2. The molecule has 1 amide bonds. The molecule has 0 bridgehead atoms. The van der Waals surface area contributed by atoms with Crippen molar-refractivity contribution in [2.45, 2.75) is 31.8 Å². The van der Waals surface area contributed by atoms with E-state index in [1.54, 1.807) is 0 Å². The molecule has 108 valence electrons. The van der Waals surface area contributed by atoms with Crippen molar-refractivity contribution in [1.82, 2.24) is 10.6 Å². The van der Waals surface area contributed by atoms with Gasteiger partial charge in [0, 0.05) is 18.8 Å². The lowest BCUT2D eigenvalue weighted by atomic mass is 9.95. The van der Waals surface area contributed by atoms with Crippen molar-refractivity contribution < 1.29 is 4.79 Å². The molecule has 2 aliphatic rings. The van der Waals surface area contributed by atoms with Crippen LogP contribution in [0.15, 0.2) is 24.3 Å². The normalized spacial score (nSPS) is 21.3. The van der Waals surface area contributed by atoms with Crippen LogP contribution >= 0.6 is 11.8 Å². The Bertz CT molecular complexity index is 473. The number of carbonyl (C=O) groups excluding carboxylic acids is 1. The predicted octanol–water partition coefficient (Wildman–Crippen LogP) is 1.96.